The van der Waals surface area contributed by atoms with Crippen LogP contribution < -0.4 is 5.32 Å². The Balaban J connectivity index is 0.605. The number of benzene rings is 4. The summed E-state index contributed by atoms with van der Waals surface area (Å²) >= 11 is 0. The van der Waals surface area contributed by atoms with Crippen LogP contribution in [0.2, 0.25) is 0 Å². The SMILES string of the molecule is CCOCc1nc2c(NC(c3ccccc3)(c3ccccc3)c3ccccc3)nc3ccccc3c2n1CC(C)(C)OCCOCCOCCOCCOCCOCCOCCOCCOCCOCCOCCOCCOCCOCCOCCOCCOCCOCCOCCOCCOCCOCCOCCOCCOS(=O)(=O)O. The zero-order valence-corrected chi connectivity index (χ0v) is 70.5. The Hall–Kier alpha value is -5.57. The first kappa shape index (κ1) is 101. The van der Waals surface area contributed by atoms with Gasteiger partial charge in [-0.1, -0.05) is 109 Å². The van der Waals surface area contributed by atoms with E-state index in [1.165, 1.54) is 0 Å². The molecule has 6 aromatic rings. The number of para-hydroxylation sites is 1. The van der Waals surface area contributed by atoms with Gasteiger partial charge in [0.05, 0.1) is 340 Å². The summed E-state index contributed by atoms with van der Waals surface area (Å²) in [6.45, 7) is 27.9. The van der Waals surface area contributed by atoms with E-state index in [1.54, 1.807) is 0 Å². The van der Waals surface area contributed by atoms with Crippen LogP contribution in [0.5, 0.6) is 0 Å². The summed E-state index contributed by atoms with van der Waals surface area (Å²) in [6.07, 6.45) is 0. The van der Waals surface area contributed by atoms with Crippen molar-refractivity contribution in [1.29, 1.82) is 0 Å². The van der Waals surface area contributed by atoms with Crippen molar-refractivity contribution >= 4 is 38.2 Å². The molecule has 2 aromatic heterocycles. The third-order valence-electron chi connectivity index (χ3n) is 16.9. The molecule has 0 aliphatic rings. The van der Waals surface area contributed by atoms with Gasteiger partial charge in [-0.25, -0.2) is 14.2 Å². The van der Waals surface area contributed by atoms with Gasteiger partial charge in [-0.2, -0.15) is 8.42 Å². The van der Waals surface area contributed by atoms with Crippen LogP contribution >= 0.6 is 0 Å². The summed E-state index contributed by atoms with van der Waals surface area (Å²) in [4.78, 5) is 10.7. The highest BCUT2D eigenvalue weighted by Crippen LogP contribution is 2.42. The van der Waals surface area contributed by atoms with Gasteiger partial charge in [0, 0.05) is 12.0 Å². The number of imidazole rings is 1. The summed E-state index contributed by atoms with van der Waals surface area (Å²) in [5.74, 6) is 1.44. The zero-order valence-electron chi connectivity index (χ0n) is 69.7. The van der Waals surface area contributed by atoms with E-state index >= 15 is 0 Å². The lowest BCUT2D eigenvalue weighted by atomic mass is 9.77. The highest BCUT2D eigenvalue weighted by molar-refractivity contribution is 7.80. The molecule has 6 rings (SSSR count). The van der Waals surface area contributed by atoms with Crippen molar-refractivity contribution in [3.8, 4) is 0 Å². The number of fused-ring (bicyclic) bond motifs is 3. The van der Waals surface area contributed by atoms with Gasteiger partial charge in [-0.15, -0.1) is 0 Å². The summed E-state index contributed by atoms with van der Waals surface area (Å²) in [5, 5.41) is 5.01. The summed E-state index contributed by atoms with van der Waals surface area (Å²) in [6, 6.07) is 39.8. The predicted octanol–water partition coefficient (Wildman–Crippen LogP) is 7.52. The molecule has 2 heterocycles. The summed E-state index contributed by atoms with van der Waals surface area (Å²) in [5.41, 5.74) is 4.31. The van der Waals surface area contributed by atoms with Crippen molar-refractivity contribution in [2.75, 3.05) is 329 Å². The van der Waals surface area contributed by atoms with E-state index < -0.39 is 21.5 Å². The number of aromatic nitrogens is 3. The van der Waals surface area contributed by atoms with Crippen LogP contribution in [0.25, 0.3) is 21.9 Å². The van der Waals surface area contributed by atoms with Crippen LogP contribution in [0.15, 0.2) is 115 Å². The topological polar surface area (TPSA) is 337 Å². The fourth-order valence-corrected chi connectivity index (χ4v) is 11.6. The monoisotopic (exact) mass is 1690 g/mol. The maximum Gasteiger partial charge on any atom is 0.397 e. The molecular weight excluding hydrogens is 1560 g/mol. The normalized spacial score (nSPS) is 12.2. The Morgan fingerprint density at radius 3 is 0.831 bits per heavy atom. The van der Waals surface area contributed by atoms with E-state index in [9.17, 15) is 8.42 Å². The van der Waals surface area contributed by atoms with E-state index in [0.717, 1.165) is 44.5 Å². The molecule has 0 saturated heterocycles. The first-order valence-corrected chi connectivity index (χ1v) is 42.3. The van der Waals surface area contributed by atoms with Gasteiger partial charge in [0.1, 0.15) is 23.5 Å². The molecule has 33 nitrogen and oxygen atoms in total. The van der Waals surface area contributed by atoms with E-state index in [2.05, 4.69) is 113 Å². The third-order valence-corrected chi connectivity index (χ3v) is 17.4. The fourth-order valence-electron chi connectivity index (χ4n) is 11.3. The van der Waals surface area contributed by atoms with Crippen molar-refractivity contribution in [2.45, 2.75) is 45.1 Å². The summed E-state index contributed by atoms with van der Waals surface area (Å²) < 4.78 is 176. The van der Waals surface area contributed by atoms with E-state index in [-0.39, 0.29) is 19.8 Å². The standard InChI is InChI=1S/C84H132N4O29S/c1-4-92-72-79-86-80-81(77-22-14-15-23-78(77)85-82(80)87-84(74-16-8-5-9-17-74,75-18-10-6-11-19-75)76-20-12-7-13-21-76)88(79)73-83(2,3)116-70-68-114-66-64-112-62-60-110-58-56-108-54-52-106-50-48-104-46-44-102-42-40-100-38-36-98-34-32-96-30-28-94-26-24-93-25-27-95-29-31-97-33-35-99-37-39-101-41-43-103-45-47-105-49-51-107-53-55-109-57-59-111-61-63-113-65-67-115-69-71-117-118(89,90)91/h5-23H,4,24-73H2,1-3H3,(H,85,87)(H,89,90,91). The van der Waals surface area contributed by atoms with Gasteiger partial charge in [0.15, 0.2) is 5.82 Å². The average Bonchev–Trinajstić information content (AvgIpc) is 1.41. The van der Waals surface area contributed by atoms with Crippen LogP contribution in [0.1, 0.15) is 43.3 Å². The molecule has 118 heavy (non-hydrogen) atoms. The molecule has 0 radical (unpaired) electrons. The Bertz CT molecular complexity index is 3340. The molecule has 0 aliphatic carbocycles. The molecule has 0 atom stereocenters. The lowest BCUT2D eigenvalue weighted by molar-refractivity contribution is -0.0621. The highest BCUT2D eigenvalue weighted by Gasteiger charge is 2.38. The first-order valence-electron chi connectivity index (χ1n) is 41.0. The van der Waals surface area contributed by atoms with Gasteiger partial charge >= 0.3 is 10.4 Å². The molecule has 2 N–H and O–H groups in total. The third kappa shape index (κ3) is 47.2. The van der Waals surface area contributed by atoms with Crippen molar-refractivity contribution in [3.63, 3.8) is 0 Å². The fraction of sp³-hybridized carbons (Fsp3) is 0.667. The van der Waals surface area contributed by atoms with Gasteiger partial charge in [0.2, 0.25) is 0 Å². The van der Waals surface area contributed by atoms with Crippen LogP contribution in [0, 0.1) is 0 Å². The largest absolute Gasteiger partial charge is 0.397 e. The molecule has 0 spiro atoms. The van der Waals surface area contributed by atoms with E-state index in [4.69, 9.17) is 133 Å². The van der Waals surface area contributed by atoms with Crippen LogP contribution in [0.4, 0.5) is 5.82 Å². The van der Waals surface area contributed by atoms with Gasteiger partial charge < -0.3 is 128 Å². The van der Waals surface area contributed by atoms with Crippen molar-refractivity contribution in [3.05, 3.63) is 138 Å². The molecule has 668 valence electrons. The van der Waals surface area contributed by atoms with Crippen molar-refractivity contribution in [2.24, 2.45) is 0 Å². The number of pyridine rings is 1. The second-order valence-electron chi connectivity index (χ2n) is 26.3. The molecule has 4 aromatic carbocycles. The minimum atomic E-state index is -4.44. The Kier molecular flexibility index (Phi) is 58.3. The van der Waals surface area contributed by atoms with Gasteiger partial charge in [-0.05, 0) is 43.5 Å². The quantitative estimate of drug-likeness (QED) is 0.0212. The molecule has 0 unspecified atom stereocenters. The molecule has 0 aliphatic heterocycles. The van der Waals surface area contributed by atoms with Crippen LogP contribution in [-0.4, -0.2) is 357 Å². The molecule has 0 fully saturated rings. The Labute approximate surface area is 697 Å². The van der Waals surface area contributed by atoms with Crippen molar-refractivity contribution in [1.82, 2.24) is 14.5 Å². The van der Waals surface area contributed by atoms with E-state index in [0.29, 0.717) is 323 Å². The average molecular weight is 1690 g/mol. The zero-order chi connectivity index (χ0) is 83.3. The molecular formula is C84H132N4O29S. The molecule has 0 saturated carbocycles. The van der Waals surface area contributed by atoms with Crippen LogP contribution in [0.3, 0.4) is 0 Å². The predicted molar refractivity (Wildman–Crippen MR) is 440 cm³/mol. The Morgan fingerprint density at radius 2 is 0.568 bits per heavy atom. The number of nitrogens with zero attached hydrogens (tertiary/aromatic N) is 3. The van der Waals surface area contributed by atoms with Crippen LogP contribution in [-0.2, 0) is 152 Å². The second kappa shape index (κ2) is 67.9. The molecule has 34 heteroatoms. The number of rotatable bonds is 84. The maximum atomic E-state index is 10.4. The highest BCUT2D eigenvalue weighted by atomic mass is 32.3. The lowest BCUT2D eigenvalue weighted by Crippen LogP contribution is -2.38. The Morgan fingerprint density at radius 1 is 0.322 bits per heavy atom. The number of anilines is 1. The number of nitrogens with one attached hydrogen (secondary N) is 1. The second-order valence-corrected chi connectivity index (χ2v) is 27.4. The minimum absolute atomic E-state index is 0.0196. The lowest BCUT2D eigenvalue weighted by Gasteiger charge is -2.37. The number of ether oxygens (including phenoxy) is 25. The van der Waals surface area contributed by atoms with E-state index in [1.807, 2.05) is 37.3 Å². The first-order chi connectivity index (χ1) is 58.1. The van der Waals surface area contributed by atoms with Gasteiger partial charge in [0.25, 0.3) is 0 Å². The summed E-state index contributed by atoms with van der Waals surface area (Å²) in [7, 11) is -4.44. The number of hydrogen-bond acceptors (Lipinski definition) is 31. The minimum Gasteiger partial charge on any atom is -0.377 e. The molecule has 0 bridgehead atoms. The smallest absolute Gasteiger partial charge is 0.377 e. The van der Waals surface area contributed by atoms with Gasteiger partial charge in [-0.3, -0.25) is 4.55 Å². The molecule has 0 amide bonds. The number of hydrogen-bond donors (Lipinski definition) is 2. The van der Waals surface area contributed by atoms with Crippen molar-refractivity contribution < 1.29 is 136 Å². The maximum absolute atomic E-state index is 10.4.